The fraction of sp³-hybridized carbons (Fsp3) is 0.588. The third kappa shape index (κ3) is 5.09. The molecule has 0 spiro atoms. The van der Waals surface area contributed by atoms with Crippen LogP contribution in [-0.4, -0.2) is 61.0 Å². The molecule has 2 saturated heterocycles. The number of hydrogen-bond donors (Lipinski definition) is 1. The summed E-state index contributed by atoms with van der Waals surface area (Å²) in [6.45, 7) is 5.18. The number of hydrogen-bond acceptors (Lipinski definition) is 3. The third-order valence-electron chi connectivity index (χ3n) is 4.85. The summed E-state index contributed by atoms with van der Waals surface area (Å²) in [7, 11) is 0. The summed E-state index contributed by atoms with van der Waals surface area (Å²) in [5.74, 6) is -0.0149. The molecule has 25 heavy (non-hydrogen) atoms. The third-order valence-corrected chi connectivity index (χ3v) is 4.85. The number of carbonyl (C=O) groups excluding carboxylic acids is 1. The molecule has 0 saturated carbocycles. The van der Waals surface area contributed by atoms with Crippen LogP contribution < -0.4 is 5.32 Å². The summed E-state index contributed by atoms with van der Waals surface area (Å²) in [5.41, 5.74) is -0.0621. The lowest BCUT2D eigenvalue weighted by Gasteiger charge is -2.37. The van der Waals surface area contributed by atoms with Crippen LogP contribution in [0.3, 0.4) is 0 Å². The number of amides is 1. The van der Waals surface area contributed by atoms with Gasteiger partial charge in [0, 0.05) is 38.8 Å². The second kappa shape index (κ2) is 8.38. The van der Waals surface area contributed by atoms with Gasteiger partial charge in [0.25, 0.3) is 0 Å². The Hall–Kier alpha value is -1.31. The van der Waals surface area contributed by atoms with Crippen LogP contribution in [-0.2, 0) is 17.4 Å². The first kappa shape index (κ1) is 20.0. The van der Waals surface area contributed by atoms with Gasteiger partial charge in [-0.15, -0.1) is 12.4 Å². The molecule has 3 rings (SSSR count). The SMILES string of the molecule is Cl.O=C(Cc1ccc(C(F)(F)F)cc1)N1CCN(C2CCNC2)CC1. The molecule has 0 aliphatic carbocycles. The van der Waals surface area contributed by atoms with Gasteiger partial charge in [-0.1, -0.05) is 12.1 Å². The lowest BCUT2D eigenvalue weighted by molar-refractivity contribution is -0.137. The average Bonchev–Trinajstić information content (AvgIpc) is 3.09. The Balaban J connectivity index is 0.00000225. The quantitative estimate of drug-likeness (QED) is 0.877. The first-order chi connectivity index (χ1) is 11.4. The van der Waals surface area contributed by atoms with Crippen LogP contribution in [0.4, 0.5) is 13.2 Å². The van der Waals surface area contributed by atoms with Crippen LogP contribution >= 0.6 is 12.4 Å². The zero-order valence-electron chi connectivity index (χ0n) is 13.9. The van der Waals surface area contributed by atoms with Crippen molar-refractivity contribution in [2.45, 2.75) is 25.1 Å². The Morgan fingerprint density at radius 3 is 2.28 bits per heavy atom. The summed E-state index contributed by atoms with van der Waals surface area (Å²) in [6, 6.07) is 5.42. The molecule has 2 aliphatic heterocycles. The van der Waals surface area contributed by atoms with Crippen LogP contribution in [0.5, 0.6) is 0 Å². The highest BCUT2D eigenvalue weighted by Crippen LogP contribution is 2.29. The highest BCUT2D eigenvalue weighted by Gasteiger charge is 2.30. The zero-order chi connectivity index (χ0) is 17.2. The lowest BCUT2D eigenvalue weighted by atomic mass is 10.1. The largest absolute Gasteiger partial charge is 0.416 e. The van der Waals surface area contributed by atoms with E-state index >= 15 is 0 Å². The van der Waals surface area contributed by atoms with Crippen molar-refractivity contribution in [3.8, 4) is 0 Å². The van der Waals surface area contributed by atoms with Crippen LogP contribution in [0.1, 0.15) is 17.5 Å². The summed E-state index contributed by atoms with van der Waals surface area (Å²) < 4.78 is 37.7. The lowest BCUT2D eigenvalue weighted by Crippen LogP contribution is -2.52. The van der Waals surface area contributed by atoms with E-state index in [0.717, 1.165) is 44.7 Å². The molecule has 1 atom stereocenters. The Morgan fingerprint density at radius 1 is 1.12 bits per heavy atom. The highest BCUT2D eigenvalue weighted by molar-refractivity contribution is 5.85. The van der Waals surface area contributed by atoms with Crippen LogP contribution in [0, 0.1) is 0 Å². The Kier molecular flexibility index (Phi) is 6.71. The number of halogens is 4. The Morgan fingerprint density at radius 2 is 1.76 bits per heavy atom. The molecule has 1 aromatic carbocycles. The molecule has 1 unspecified atom stereocenters. The van der Waals surface area contributed by atoms with Crippen LogP contribution in [0.25, 0.3) is 0 Å². The maximum atomic E-state index is 12.6. The molecule has 140 valence electrons. The number of rotatable bonds is 3. The molecular formula is C17H23ClF3N3O. The normalized spacial score (nSPS) is 21.9. The topological polar surface area (TPSA) is 35.6 Å². The van der Waals surface area contributed by atoms with Crippen molar-refractivity contribution in [3.63, 3.8) is 0 Å². The molecule has 4 nitrogen and oxygen atoms in total. The molecule has 2 aliphatic rings. The van der Waals surface area contributed by atoms with Crippen molar-refractivity contribution in [3.05, 3.63) is 35.4 Å². The molecule has 0 aromatic heterocycles. The number of benzene rings is 1. The number of nitrogens with zero attached hydrogens (tertiary/aromatic N) is 2. The van der Waals surface area contributed by atoms with Gasteiger partial charge in [-0.2, -0.15) is 13.2 Å². The smallest absolute Gasteiger partial charge is 0.340 e. The van der Waals surface area contributed by atoms with E-state index in [-0.39, 0.29) is 24.7 Å². The van der Waals surface area contributed by atoms with E-state index in [9.17, 15) is 18.0 Å². The standard InChI is InChI=1S/C17H22F3N3O.ClH/c18-17(19,20)14-3-1-13(2-4-14)11-16(24)23-9-7-22(8-10-23)15-5-6-21-12-15;/h1-4,15,21H,5-12H2;1H. The molecule has 2 fully saturated rings. The molecule has 1 amide bonds. The van der Waals surface area contributed by atoms with Gasteiger partial charge < -0.3 is 10.2 Å². The first-order valence-corrected chi connectivity index (χ1v) is 8.32. The number of alkyl halides is 3. The van der Waals surface area contributed by atoms with E-state index in [1.54, 1.807) is 0 Å². The second-order valence-electron chi connectivity index (χ2n) is 6.43. The van der Waals surface area contributed by atoms with Crippen LogP contribution in [0.15, 0.2) is 24.3 Å². The van der Waals surface area contributed by atoms with Crippen molar-refractivity contribution < 1.29 is 18.0 Å². The highest BCUT2D eigenvalue weighted by atomic mass is 35.5. The minimum absolute atomic E-state index is 0. The maximum Gasteiger partial charge on any atom is 0.416 e. The van der Waals surface area contributed by atoms with Crippen molar-refractivity contribution in [1.82, 2.24) is 15.1 Å². The van der Waals surface area contributed by atoms with Gasteiger partial charge in [0.2, 0.25) is 5.91 Å². The second-order valence-corrected chi connectivity index (χ2v) is 6.43. The molecule has 8 heteroatoms. The van der Waals surface area contributed by atoms with Gasteiger partial charge in [0.05, 0.1) is 12.0 Å². The van der Waals surface area contributed by atoms with E-state index in [2.05, 4.69) is 10.2 Å². The van der Waals surface area contributed by atoms with Gasteiger partial charge in [0.1, 0.15) is 0 Å². The van der Waals surface area contributed by atoms with E-state index in [0.29, 0.717) is 24.7 Å². The molecule has 1 N–H and O–H groups in total. The summed E-state index contributed by atoms with van der Waals surface area (Å²) >= 11 is 0. The average molecular weight is 378 g/mol. The summed E-state index contributed by atoms with van der Waals surface area (Å²) in [4.78, 5) is 16.6. The molecule has 2 heterocycles. The summed E-state index contributed by atoms with van der Waals surface area (Å²) in [5, 5.41) is 3.35. The minimum atomic E-state index is -4.34. The number of piperazine rings is 1. The van der Waals surface area contributed by atoms with E-state index in [4.69, 9.17) is 0 Å². The van der Waals surface area contributed by atoms with Crippen molar-refractivity contribution >= 4 is 18.3 Å². The predicted molar refractivity (Wildman–Crippen MR) is 91.8 cm³/mol. The monoisotopic (exact) mass is 377 g/mol. The van der Waals surface area contributed by atoms with Crippen molar-refractivity contribution in [1.29, 1.82) is 0 Å². The van der Waals surface area contributed by atoms with Crippen molar-refractivity contribution in [2.75, 3.05) is 39.3 Å². The van der Waals surface area contributed by atoms with Crippen molar-refractivity contribution in [2.24, 2.45) is 0 Å². The Bertz CT molecular complexity index is 565. The van der Waals surface area contributed by atoms with E-state index in [1.807, 2.05) is 4.90 Å². The van der Waals surface area contributed by atoms with E-state index < -0.39 is 11.7 Å². The Labute approximate surface area is 151 Å². The molecule has 0 bridgehead atoms. The van der Waals surface area contributed by atoms with Crippen LogP contribution in [0.2, 0.25) is 0 Å². The minimum Gasteiger partial charge on any atom is -0.340 e. The fourth-order valence-corrected chi connectivity index (χ4v) is 3.39. The molecule has 0 radical (unpaired) electrons. The number of carbonyl (C=O) groups is 1. The van der Waals surface area contributed by atoms with Gasteiger partial charge in [-0.25, -0.2) is 0 Å². The van der Waals surface area contributed by atoms with E-state index in [1.165, 1.54) is 12.1 Å². The molecular weight excluding hydrogens is 355 g/mol. The van der Waals surface area contributed by atoms with Gasteiger partial charge in [0.15, 0.2) is 0 Å². The zero-order valence-corrected chi connectivity index (χ0v) is 14.7. The number of nitrogens with one attached hydrogen (secondary N) is 1. The van der Waals surface area contributed by atoms with Gasteiger partial charge in [-0.3, -0.25) is 9.69 Å². The van der Waals surface area contributed by atoms with Gasteiger partial charge >= 0.3 is 6.18 Å². The van der Waals surface area contributed by atoms with Gasteiger partial charge in [-0.05, 0) is 30.7 Å². The molecule has 1 aromatic rings. The first-order valence-electron chi connectivity index (χ1n) is 8.32. The fourth-order valence-electron chi connectivity index (χ4n) is 3.39. The maximum absolute atomic E-state index is 12.6. The predicted octanol–water partition coefficient (Wildman–Crippen LogP) is 2.18. The summed E-state index contributed by atoms with van der Waals surface area (Å²) in [6.07, 6.45) is -3.03.